The van der Waals surface area contributed by atoms with Gasteiger partial charge in [0, 0.05) is 26.1 Å². The van der Waals surface area contributed by atoms with Crippen LogP contribution in [-0.2, 0) is 16.0 Å². The zero-order chi connectivity index (χ0) is 21.2. The monoisotopic (exact) mass is 412 g/mol. The average molecular weight is 413 g/mol. The molecule has 3 rings (SSSR count). The van der Waals surface area contributed by atoms with Gasteiger partial charge in [-0.3, -0.25) is 9.59 Å². The Balaban J connectivity index is 1.61. The summed E-state index contributed by atoms with van der Waals surface area (Å²) in [5.74, 6) is -0.127. The topological polar surface area (TPSA) is 93.0 Å². The summed E-state index contributed by atoms with van der Waals surface area (Å²) in [4.78, 5) is 27.8. The number of carbonyl (C=O) groups is 2. The molecule has 2 amide bonds. The Kier molecular flexibility index (Phi) is 8.35. The van der Waals surface area contributed by atoms with Crippen LogP contribution in [0.4, 0.5) is 0 Å². The third-order valence-corrected chi connectivity index (χ3v) is 5.67. The van der Waals surface area contributed by atoms with Crippen molar-refractivity contribution in [3.63, 3.8) is 0 Å². The average Bonchev–Trinajstić information content (AvgIpc) is 3.32. The molecule has 0 spiro atoms. The number of tetrazole rings is 1. The molecule has 2 atom stereocenters. The van der Waals surface area contributed by atoms with Crippen LogP contribution in [0.5, 0.6) is 0 Å². The van der Waals surface area contributed by atoms with Gasteiger partial charge in [0.15, 0.2) is 0 Å². The highest BCUT2D eigenvalue weighted by molar-refractivity contribution is 5.83. The lowest BCUT2D eigenvalue weighted by atomic mass is 9.95. The Labute approximate surface area is 178 Å². The number of likely N-dealkylation sites (tertiary alicyclic amines) is 1. The van der Waals surface area contributed by atoms with Crippen LogP contribution in [-0.4, -0.2) is 56.6 Å². The van der Waals surface area contributed by atoms with Crippen molar-refractivity contribution in [3.8, 4) is 0 Å². The molecular weight excluding hydrogens is 380 g/mol. The molecular formula is C22H32N6O2. The van der Waals surface area contributed by atoms with E-state index in [4.69, 9.17) is 0 Å². The lowest BCUT2D eigenvalue weighted by Crippen LogP contribution is -2.48. The van der Waals surface area contributed by atoms with Gasteiger partial charge in [0.2, 0.25) is 11.8 Å². The van der Waals surface area contributed by atoms with Crippen molar-refractivity contribution < 1.29 is 9.59 Å². The van der Waals surface area contributed by atoms with Gasteiger partial charge in [-0.2, -0.15) is 0 Å². The summed E-state index contributed by atoms with van der Waals surface area (Å²) in [6.45, 7) is 4.00. The summed E-state index contributed by atoms with van der Waals surface area (Å²) >= 11 is 0. The molecule has 8 heteroatoms. The van der Waals surface area contributed by atoms with E-state index in [0.717, 1.165) is 31.2 Å². The van der Waals surface area contributed by atoms with Crippen LogP contribution in [0.2, 0.25) is 0 Å². The zero-order valence-corrected chi connectivity index (χ0v) is 17.7. The van der Waals surface area contributed by atoms with Gasteiger partial charge in [-0.05, 0) is 35.3 Å². The number of amides is 2. The number of piperidine rings is 1. The molecule has 1 saturated heterocycles. The van der Waals surface area contributed by atoms with Crippen molar-refractivity contribution in [2.24, 2.45) is 5.92 Å². The summed E-state index contributed by atoms with van der Waals surface area (Å²) in [5, 5.41) is 14.4. The highest BCUT2D eigenvalue weighted by Crippen LogP contribution is 2.22. The molecule has 1 aliphatic heterocycles. The fraction of sp³-hybridized carbons (Fsp3) is 0.591. The quantitative estimate of drug-likeness (QED) is 0.605. The van der Waals surface area contributed by atoms with Gasteiger partial charge in [0.05, 0.1) is 5.92 Å². The van der Waals surface area contributed by atoms with Crippen LogP contribution in [0.25, 0.3) is 0 Å². The Morgan fingerprint density at radius 3 is 2.77 bits per heavy atom. The van der Waals surface area contributed by atoms with E-state index in [2.05, 4.69) is 27.8 Å². The SMILES string of the molecule is CCCCCCNC(=O)C1CCCN(C(=O)C(Cc2ccccc2)n2cnnn2)C1. The van der Waals surface area contributed by atoms with Gasteiger partial charge >= 0.3 is 0 Å². The fourth-order valence-corrected chi connectivity index (χ4v) is 3.95. The second-order valence-electron chi connectivity index (χ2n) is 7.97. The second kappa shape index (κ2) is 11.4. The van der Waals surface area contributed by atoms with Gasteiger partial charge in [0.1, 0.15) is 12.4 Å². The summed E-state index contributed by atoms with van der Waals surface area (Å²) < 4.78 is 1.52. The molecule has 162 valence electrons. The maximum atomic E-state index is 13.4. The predicted octanol–water partition coefficient (Wildman–Crippen LogP) is 2.39. The van der Waals surface area contributed by atoms with Gasteiger partial charge < -0.3 is 10.2 Å². The van der Waals surface area contributed by atoms with Crippen molar-refractivity contribution >= 4 is 11.8 Å². The van der Waals surface area contributed by atoms with E-state index in [-0.39, 0.29) is 17.7 Å². The van der Waals surface area contributed by atoms with Crippen LogP contribution in [0.3, 0.4) is 0 Å². The third kappa shape index (κ3) is 6.11. The largest absolute Gasteiger partial charge is 0.356 e. The first-order valence-electron chi connectivity index (χ1n) is 11.0. The minimum absolute atomic E-state index is 0.0356. The van der Waals surface area contributed by atoms with E-state index in [9.17, 15) is 9.59 Å². The molecule has 0 bridgehead atoms. The lowest BCUT2D eigenvalue weighted by Gasteiger charge is -2.34. The summed E-state index contributed by atoms with van der Waals surface area (Å²) in [5.41, 5.74) is 1.05. The Morgan fingerprint density at radius 1 is 1.20 bits per heavy atom. The Hall–Kier alpha value is -2.77. The normalized spacial score (nSPS) is 17.5. The molecule has 30 heavy (non-hydrogen) atoms. The lowest BCUT2D eigenvalue weighted by molar-refractivity contribution is -0.139. The number of unbranched alkanes of at least 4 members (excludes halogenated alkanes) is 3. The van der Waals surface area contributed by atoms with E-state index in [1.54, 1.807) is 4.90 Å². The summed E-state index contributed by atoms with van der Waals surface area (Å²) in [7, 11) is 0. The maximum Gasteiger partial charge on any atom is 0.247 e. The van der Waals surface area contributed by atoms with Gasteiger partial charge in [-0.15, -0.1) is 5.10 Å². The van der Waals surface area contributed by atoms with Crippen LogP contribution in [0.1, 0.15) is 57.1 Å². The van der Waals surface area contributed by atoms with Crippen LogP contribution >= 0.6 is 0 Å². The van der Waals surface area contributed by atoms with Crippen molar-refractivity contribution in [3.05, 3.63) is 42.2 Å². The van der Waals surface area contributed by atoms with Crippen LogP contribution in [0.15, 0.2) is 36.7 Å². The summed E-state index contributed by atoms with van der Waals surface area (Å²) in [6.07, 6.45) is 8.16. The van der Waals surface area contributed by atoms with Crippen LogP contribution < -0.4 is 5.32 Å². The van der Waals surface area contributed by atoms with Gasteiger partial charge in [-0.25, -0.2) is 4.68 Å². The Morgan fingerprint density at radius 2 is 2.03 bits per heavy atom. The number of carbonyl (C=O) groups excluding carboxylic acids is 2. The fourth-order valence-electron chi connectivity index (χ4n) is 3.95. The molecule has 2 unspecified atom stereocenters. The standard InChI is InChI=1S/C22H32N6O2/c1-2-3-4-8-13-23-21(29)19-12-9-14-27(16-19)22(30)20(28-17-24-25-26-28)15-18-10-6-5-7-11-18/h5-7,10-11,17,19-20H,2-4,8-9,12-16H2,1H3,(H,23,29). The van der Waals surface area contributed by atoms with E-state index >= 15 is 0 Å². The van der Waals surface area contributed by atoms with Crippen molar-refractivity contribution in [1.29, 1.82) is 0 Å². The number of aromatic nitrogens is 4. The first-order chi connectivity index (χ1) is 14.7. The van der Waals surface area contributed by atoms with E-state index in [1.165, 1.54) is 23.9 Å². The highest BCUT2D eigenvalue weighted by Gasteiger charge is 2.33. The molecule has 0 saturated carbocycles. The molecule has 1 aliphatic rings. The van der Waals surface area contributed by atoms with E-state index < -0.39 is 6.04 Å². The number of hydrogen-bond donors (Lipinski definition) is 1. The van der Waals surface area contributed by atoms with Gasteiger partial charge in [-0.1, -0.05) is 56.5 Å². The van der Waals surface area contributed by atoms with Crippen molar-refractivity contribution in [2.75, 3.05) is 19.6 Å². The molecule has 2 heterocycles. The van der Waals surface area contributed by atoms with Crippen molar-refractivity contribution in [1.82, 2.24) is 30.4 Å². The smallest absolute Gasteiger partial charge is 0.247 e. The molecule has 1 aromatic carbocycles. The minimum Gasteiger partial charge on any atom is -0.356 e. The molecule has 1 N–H and O–H groups in total. The maximum absolute atomic E-state index is 13.4. The minimum atomic E-state index is -0.516. The predicted molar refractivity (Wildman–Crippen MR) is 113 cm³/mol. The first-order valence-corrected chi connectivity index (χ1v) is 11.0. The van der Waals surface area contributed by atoms with Crippen molar-refractivity contribution in [2.45, 2.75) is 57.9 Å². The number of nitrogens with one attached hydrogen (secondary N) is 1. The van der Waals surface area contributed by atoms with E-state index in [0.29, 0.717) is 26.1 Å². The number of benzene rings is 1. The molecule has 0 aliphatic carbocycles. The third-order valence-electron chi connectivity index (χ3n) is 5.67. The zero-order valence-electron chi connectivity index (χ0n) is 17.7. The molecule has 2 aromatic rings. The first kappa shape index (κ1) is 21.9. The second-order valence-corrected chi connectivity index (χ2v) is 7.97. The molecule has 8 nitrogen and oxygen atoms in total. The number of hydrogen-bond acceptors (Lipinski definition) is 5. The molecule has 1 fully saturated rings. The molecule has 0 radical (unpaired) electrons. The number of nitrogens with zero attached hydrogens (tertiary/aromatic N) is 5. The van der Waals surface area contributed by atoms with Crippen LogP contribution in [0, 0.1) is 5.92 Å². The molecule has 1 aromatic heterocycles. The highest BCUT2D eigenvalue weighted by atomic mass is 16.2. The van der Waals surface area contributed by atoms with E-state index in [1.807, 2.05) is 30.3 Å². The van der Waals surface area contributed by atoms with Gasteiger partial charge in [0.25, 0.3) is 0 Å². The number of rotatable bonds is 10. The Bertz CT molecular complexity index is 780. The summed E-state index contributed by atoms with van der Waals surface area (Å²) in [6, 6.07) is 9.34.